The Bertz CT molecular complexity index is 562. The van der Waals surface area contributed by atoms with Gasteiger partial charge in [0.1, 0.15) is 5.78 Å². The summed E-state index contributed by atoms with van der Waals surface area (Å²) >= 11 is 0. The largest absolute Gasteiger partial charge is 0.394 e. The van der Waals surface area contributed by atoms with Crippen molar-refractivity contribution >= 4 is 11.7 Å². The summed E-state index contributed by atoms with van der Waals surface area (Å²) < 4.78 is 0. The number of nitrogens with zero attached hydrogens (tertiary/aromatic N) is 1. The lowest BCUT2D eigenvalue weighted by Gasteiger charge is -2.34. The van der Waals surface area contributed by atoms with E-state index in [1.807, 2.05) is 11.0 Å². The summed E-state index contributed by atoms with van der Waals surface area (Å²) in [7, 11) is 0. The molecule has 0 aromatic carbocycles. The van der Waals surface area contributed by atoms with Crippen LogP contribution in [0.4, 0.5) is 0 Å². The molecule has 0 radical (unpaired) electrons. The molecule has 1 heterocycles. The van der Waals surface area contributed by atoms with Gasteiger partial charge in [-0.1, -0.05) is 57.6 Å². The summed E-state index contributed by atoms with van der Waals surface area (Å²) in [5.74, 6) is 0.960. The fourth-order valence-electron chi connectivity index (χ4n) is 5.17. The minimum absolute atomic E-state index is 0.0183. The molecule has 1 saturated heterocycles. The molecule has 1 amide bonds. The van der Waals surface area contributed by atoms with Crippen molar-refractivity contribution in [1.82, 2.24) is 4.90 Å². The number of allylic oxidation sites excluding steroid dienone is 1. The van der Waals surface area contributed by atoms with Gasteiger partial charge >= 0.3 is 0 Å². The number of hydrogen-bond donors (Lipinski definition) is 2. The van der Waals surface area contributed by atoms with Gasteiger partial charge in [0, 0.05) is 25.3 Å². The fourth-order valence-corrected chi connectivity index (χ4v) is 5.17. The maximum atomic E-state index is 12.4. The highest BCUT2D eigenvalue weighted by Gasteiger charge is 2.32. The van der Waals surface area contributed by atoms with E-state index in [0.29, 0.717) is 18.6 Å². The number of aliphatic hydroxyl groups is 2. The number of hydrogen-bond acceptors (Lipinski definition) is 4. The van der Waals surface area contributed by atoms with E-state index in [0.717, 1.165) is 90.0 Å². The number of unbranched alkanes of at least 4 members (excludes halogenated alkanes) is 5. The molecule has 5 nitrogen and oxygen atoms in total. The molecule has 1 aliphatic heterocycles. The Balaban J connectivity index is 1.62. The average Bonchev–Trinajstić information content (AvgIpc) is 3.14. The predicted octanol–water partition coefficient (Wildman–Crippen LogP) is 4.79. The van der Waals surface area contributed by atoms with Crippen LogP contribution in [-0.2, 0) is 9.59 Å². The first-order valence-electron chi connectivity index (χ1n) is 12.9. The van der Waals surface area contributed by atoms with Gasteiger partial charge in [0.25, 0.3) is 0 Å². The van der Waals surface area contributed by atoms with Gasteiger partial charge in [0.05, 0.1) is 18.8 Å². The van der Waals surface area contributed by atoms with Gasteiger partial charge in [0.2, 0.25) is 5.91 Å². The summed E-state index contributed by atoms with van der Waals surface area (Å²) in [6, 6.07) is 0.0183. The van der Waals surface area contributed by atoms with Crippen molar-refractivity contribution in [3.8, 4) is 0 Å². The van der Waals surface area contributed by atoms with Crippen molar-refractivity contribution in [2.45, 2.75) is 115 Å². The molecule has 0 bridgehead atoms. The first kappa shape index (κ1) is 26.1. The highest BCUT2D eigenvalue weighted by Crippen LogP contribution is 2.34. The van der Waals surface area contributed by atoms with Crippen LogP contribution in [0.5, 0.6) is 0 Å². The van der Waals surface area contributed by atoms with E-state index in [-0.39, 0.29) is 36.5 Å². The third-order valence-electron chi connectivity index (χ3n) is 7.15. The number of piperidine rings is 1. The van der Waals surface area contributed by atoms with E-state index in [2.05, 4.69) is 13.0 Å². The zero-order chi connectivity index (χ0) is 22.5. The van der Waals surface area contributed by atoms with Crippen LogP contribution >= 0.6 is 0 Å². The van der Waals surface area contributed by atoms with Crippen LogP contribution in [0.1, 0.15) is 103 Å². The van der Waals surface area contributed by atoms with E-state index in [1.54, 1.807) is 0 Å². The Labute approximate surface area is 189 Å². The number of carbonyl (C=O) groups excluding carboxylic acids is 2. The van der Waals surface area contributed by atoms with Gasteiger partial charge < -0.3 is 15.1 Å². The van der Waals surface area contributed by atoms with Crippen LogP contribution in [0.15, 0.2) is 12.2 Å². The second kappa shape index (κ2) is 14.8. The smallest absolute Gasteiger partial charge is 0.222 e. The molecule has 2 N–H and O–H groups in total. The van der Waals surface area contributed by atoms with Crippen molar-refractivity contribution in [2.75, 3.05) is 13.2 Å². The van der Waals surface area contributed by atoms with E-state index in [4.69, 9.17) is 0 Å². The summed E-state index contributed by atoms with van der Waals surface area (Å²) in [5.41, 5.74) is 0. The van der Waals surface area contributed by atoms with E-state index in [9.17, 15) is 19.8 Å². The molecule has 178 valence electrons. The van der Waals surface area contributed by atoms with Gasteiger partial charge in [-0.15, -0.1) is 0 Å². The Hall–Kier alpha value is -1.20. The van der Waals surface area contributed by atoms with Crippen molar-refractivity contribution in [3.63, 3.8) is 0 Å². The minimum atomic E-state index is -0.384. The number of amides is 1. The molecule has 2 aliphatic rings. The van der Waals surface area contributed by atoms with Gasteiger partial charge in [-0.3, -0.25) is 9.59 Å². The van der Waals surface area contributed by atoms with Gasteiger partial charge in [-0.05, 0) is 50.9 Å². The zero-order valence-electron chi connectivity index (χ0n) is 19.6. The monoisotopic (exact) mass is 435 g/mol. The Morgan fingerprint density at radius 2 is 1.94 bits per heavy atom. The van der Waals surface area contributed by atoms with Crippen molar-refractivity contribution in [2.24, 2.45) is 11.8 Å². The lowest BCUT2D eigenvalue weighted by atomic mass is 9.89. The molecule has 1 unspecified atom stereocenters. The standard InChI is InChI=1S/C26H45NO4/c1-2-3-6-12-23(29)17-15-21-16-18-25(30)24(21)13-7-4-5-8-14-26(31)27-19-10-9-11-22(27)20-28/h15,17,21-24,28-29H,2-14,16,18-20H2,1H3/t21-,22?,23-,24+/m0/s1. The molecule has 1 saturated carbocycles. The second-order valence-electron chi connectivity index (χ2n) is 9.60. The number of aliphatic hydroxyl groups excluding tert-OH is 2. The van der Waals surface area contributed by atoms with Gasteiger partial charge in [-0.2, -0.15) is 0 Å². The Morgan fingerprint density at radius 3 is 2.71 bits per heavy atom. The molecule has 1 aliphatic carbocycles. The highest BCUT2D eigenvalue weighted by molar-refractivity contribution is 5.83. The van der Waals surface area contributed by atoms with Crippen molar-refractivity contribution in [3.05, 3.63) is 12.2 Å². The highest BCUT2D eigenvalue weighted by atomic mass is 16.3. The fraction of sp³-hybridized carbons (Fsp3) is 0.846. The van der Waals surface area contributed by atoms with Crippen LogP contribution in [0, 0.1) is 11.8 Å². The lowest BCUT2D eigenvalue weighted by molar-refractivity contribution is -0.136. The maximum absolute atomic E-state index is 12.4. The molecule has 0 aromatic heterocycles. The number of Topliss-reactive ketones (excluding diaryl/α,β-unsaturated/α-hetero) is 1. The third kappa shape index (κ3) is 9.05. The van der Waals surface area contributed by atoms with Crippen LogP contribution in [0.25, 0.3) is 0 Å². The first-order valence-corrected chi connectivity index (χ1v) is 12.9. The molecule has 2 rings (SSSR count). The second-order valence-corrected chi connectivity index (χ2v) is 9.60. The Morgan fingerprint density at radius 1 is 1.13 bits per heavy atom. The van der Waals surface area contributed by atoms with E-state index < -0.39 is 0 Å². The Kier molecular flexibility index (Phi) is 12.4. The maximum Gasteiger partial charge on any atom is 0.222 e. The molecule has 31 heavy (non-hydrogen) atoms. The van der Waals surface area contributed by atoms with Crippen LogP contribution < -0.4 is 0 Å². The van der Waals surface area contributed by atoms with Crippen LogP contribution in [0.2, 0.25) is 0 Å². The topological polar surface area (TPSA) is 77.8 Å². The number of ketones is 1. The molecule has 2 fully saturated rings. The molecular formula is C26H45NO4. The SMILES string of the molecule is CCCCC[C@H](O)C=C[C@H]1CCC(=O)[C@@H]1CCCCCCC(=O)N1CCCCC1CO. The first-order chi connectivity index (χ1) is 15.1. The zero-order valence-corrected chi connectivity index (χ0v) is 19.6. The summed E-state index contributed by atoms with van der Waals surface area (Å²) in [6.07, 6.45) is 17.9. The molecule has 5 heteroatoms. The number of likely N-dealkylation sites (tertiary alicyclic amines) is 1. The van der Waals surface area contributed by atoms with Crippen LogP contribution in [-0.4, -0.2) is 52.1 Å². The average molecular weight is 436 g/mol. The van der Waals surface area contributed by atoms with Gasteiger partial charge in [-0.25, -0.2) is 0 Å². The molecule has 0 spiro atoms. The third-order valence-corrected chi connectivity index (χ3v) is 7.15. The van der Waals surface area contributed by atoms with E-state index in [1.165, 1.54) is 0 Å². The molecule has 4 atom stereocenters. The van der Waals surface area contributed by atoms with E-state index >= 15 is 0 Å². The minimum Gasteiger partial charge on any atom is -0.394 e. The summed E-state index contributed by atoms with van der Waals surface area (Å²) in [4.78, 5) is 26.6. The van der Waals surface area contributed by atoms with Crippen molar-refractivity contribution in [1.29, 1.82) is 0 Å². The lowest BCUT2D eigenvalue weighted by Crippen LogP contribution is -2.45. The predicted molar refractivity (Wildman–Crippen MR) is 125 cm³/mol. The quantitative estimate of drug-likeness (QED) is 0.304. The van der Waals surface area contributed by atoms with Crippen molar-refractivity contribution < 1.29 is 19.8 Å². The van der Waals surface area contributed by atoms with Gasteiger partial charge in [0.15, 0.2) is 0 Å². The number of carbonyl (C=O) groups is 2. The summed E-state index contributed by atoms with van der Waals surface area (Å²) in [5, 5.41) is 19.6. The molecular weight excluding hydrogens is 390 g/mol. The normalized spacial score (nSPS) is 25.5. The van der Waals surface area contributed by atoms with Crippen LogP contribution in [0.3, 0.4) is 0 Å². The molecule has 0 aromatic rings. The summed E-state index contributed by atoms with van der Waals surface area (Å²) in [6.45, 7) is 3.03. The number of rotatable bonds is 14.